The molecule has 1 aromatic heterocycles. The summed E-state index contributed by atoms with van der Waals surface area (Å²) in [5.41, 5.74) is 1.34. The lowest BCUT2D eigenvalue weighted by molar-refractivity contribution is -0.153. The number of likely N-dealkylation sites (tertiary alicyclic amines) is 1. The van der Waals surface area contributed by atoms with Crippen LogP contribution in [0.5, 0.6) is 0 Å². The van der Waals surface area contributed by atoms with Crippen molar-refractivity contribution in [3.63, 3.8) is 0 Å². The maximum atomic E-state index is 12.1. The van der Waals surface area contributed by atoms with E-state index >= 15 is 0 Å². The van der Waals surface area contributed by atoms with Crippen LogP contribution in [0.1, 0.15) is 11.4 Å². The highest BCUT2D eigenvalue weighted by molar-refractivity contribution is 5.78. The number of aryl methyl sites for hydroxylation is 1. The first-order valence-corrected chi connectivity index (χ1v) is 6.80. The van der Waals surface area contributed by atoms with Crippen molar-refractivity contribution in [2.45, 2.75) is 13.5 Å². The van der Waals surface area contributed by atoms with E-state index < -0.39 is 5.41 Å². The number of ether oxygens (including phenoxy) is 2. The van der Waals surface area contributed by atoms with Gasteiger partial charge in [-0.25, -0.2) is 0 Å². The molecule has 0 radical (unpaired) electrons. The number of nitrogens with zero attached hydrogens (tertiary/aromatic N) is 3. The first kappa shape index (κ1) is 13.5. The van der Waals surface area contributed by atoms with Crippen LogP contribution >= 0.6 is 0 Å². The van der Waals surface area contributed by atoms with Gasteiger partial charge in [0.2, 0.25) is 0 Å². The van der Waals surface area contributed by atoms with Crippen molar-refractivity contribution in [3.05, 3.63) is 23.8 Å². The number of esters is 1. The Bertz CT molecular complexity index is 505. The molecule has 1 aromatic rings. The van der Waals surface area contributed by atoms with Gasteiger partial charge in [0.25, 0.3) is 0 Å². The maximum Gasteiger partial charge on any atom is 0.315 e. The molecule has 0 bridgehead atoms. The Morgan fingerprint density at radius 3 is 3.10 bits per heavy atom. The van der Waals surface area contributed by atoms with E-state index in [4.69, 9.17) is 9.47 Å². The normalized spacial score (nSPS) is 29.4. The molecule has 108 valence electrons. The molecule has 0 amide bonds. The van der Waals surface area contributed by atoms with Crippen molar-refractivity contribution in [1.82, 2.24) is 14.9 Å². The monoisotopic (exact) mass is 277 g/mol. The van der Waals surface area contributed by atoms with E-state index in [0.29, 0.717) is 26.3 Å². The molecule has 0 N–H and O–H groups in total. The van der Waals surface area contributed by atoms with Crippen molar-refractivity contribution < 1.29 is 14.3 Å². The van der Waals surface area contributed by atoms with Crippen molar-refractivity contribution in [2.75, 3.05) is 33.4 Å². The number of hydrogen-bond acceptors (Lipinski definition) is 6. The van der Waals surface area contributed by atoms with Crippen LogP contribution in [-0.2, 0) is 20.8 Å². The summed E-state index contributed by atoms with van der Waals surface area (Å²) < 4.78 is 10.5. The summed E-state index contributed by atoms with van der Waals surface area (Å²) in [7, 11) is 1.45. The molecule has 2 fully saturated rings. The minimum Gasteiger partial charge on any atom is -0.468 e. The van der Waals surface area contributed by atoms with Gasteiger partial charge in [0.05, 0.1) is 31.7 Å². The predicted molar refractivity (Wildman–Crippen MR) is 70.8 cm³/mol. The van der Waals surface area contributed by atoms with Gasteiger partial charge in [-0.15, -0.1) is 0 Å². The molecule has 2 saturated heterocycles. The van der Waals surface area contributed by atoms with Gasteiger partial charge in [-0.05, 0) is 6.92 Å². The Hall–Kier alpha value is -1.53. The van der Waals surface area contributed by atoms with Crippen molar-refractivity contribution in [3.8, 4) is 0 Å². The highest BCUT2D eigenvalue weighted by atomic mass is 16.5. The van der Waals surface area contributed by atoms with E-state index in [0.717, 1.165) is 17.9 Å². The fourth-order valence-electron chi connectivity index (χ4n) is 3.18. The third kappa shape index (κ3) is 2.19. The van der Waals surface area contributed by atoms with E-state index in [1.54, 1.807) is 12.4 Å². The van der Waals surface area contributed by atoms with Crippen LogP contribution in [0, 0.1) is 18.3 Å². The van der Waals surface area contributed by atoms with E-state index in [2.05, 4.69) is 14.9 Å². The molecule has 6 heteroatoms. The first-order valence-electron chi connectivity index (χ1n) is 6.80. The quantitative estimate of drug-likeness (QED) is 0.746. The zero-order valence-corrected chi connectivity index (χ0v) is 11.8. The number of fused-ring (bicyclic) bond motifs is 1. The van der Waals surface area contributed by atoms with Gasteiger partial charge < -0.3 is 9.47 Å². The number of carbonyl (C=O) groups excluding carboxylic acids is 1. The zero-order valence-electron chi connectivity index (χ0n) is 11.8. The number of methoxy groups -OCH3 is 1. The van der Waals surface area contributed by atoms with Crippen LogP contribution < -0.4 is 0 Å². The minimum atomic E-state index is -0.493. The second-order valence-electron chi connectivity index (χ2n) is 5.68. The van der Waals surface area contributed by atoms with Gasteiger partial charge in [0.1, 0.15) is 5.41 Å². The number of carbonyl (C=O) groups is 1. The largest absolute Gasteiger partial charge is 0.468 e. The fourth-order valence-corrected chi connectivity index (χ4v) is 3.18. The molecule has 0 aliphatic carbocycles. The minimum absolute atomic E-state index is 0.155. The molecule has 0 unspecified atom stereocenters. The molecule has 2 aliphatic rings. The molecule has 0 aromatic carbocycles. The van der Waals surface area contributed by atoms with Crippen LogP contribution in [-0.4, -0.2) is 54.3 Å². The average Bonchev–Trinajstić information content (AvgIpc) is 2.98. The summed E-state index contributed by atoms with van der Waals surface area (Å²) in [5.74, 6) is 0.0610. The standard InChI is InChI=1S/C14H19N3O3/c1-10-3-16-12(4-15-10)6-17-5-11-7-20-9-14(11,8-17)13(18)19-2/h3-4,11H,5-9H2,1-2H3/t11-,14-/m0/s1. The van der Waals surface area contributed by atoms with Crippen molar-refractivity contribution in [2.24, 2.45) is 11.3 Å². The molecule has 3 heterocycles. The lowest BCUT2D eigenvalue weighted by Gasteiger charge is -2.23. The Morgan fingerprint density at radius 1 is 1.55 bits per heavy atom. The topological polar surface area (TPSA) is 64.6 Å². The molecule has 2 atom stereocenters. The van der Waals surface area contributed by atoms with Crippen LogP contribution in [0.3, 0.4) is 0 Å². The predicted octanol–water partition coefficient (Wildman–Crippen LogP) is 0.406. The van der Waals surface area contributed by atoms with E-state index in [1.165, 1.54) is 7.11 Å². The van der Waals surface area contributed by atoms with Crippen molar-refractivity contribution in [1.29, 1.82) is 0 Å². The molecule has 6 nitrogen and oxygen atoms in total. The summed E-state index contributed by atoms with van der Waals surface area (Å²) in [6.07, 6.45) is 3.57. The smallest absolute Gasteiger partial charge is 0.315 e. The summed E-state index contributed by atoms with van der Waals surface area (Å²) in [6, 6.07) is 0. The Labute approximate surface area is 118 Å². The highest BCUT2D eigenvalue weighted by Crippen LogP contribution is 2.42. The van der Waals surface area contributed by atoms with Crippen LogP contribution in [0.2, 0.25) is 0 Å². The molecule has 3 rings (SSSR count). The molecule has 2 aliphatic heterocycles. The second-order valence-corrected chi connectivity index (χ2v) is 5.68. The maximum absolute atomic E-state index is 12.1. The van der Waals surface area contributed by atoms with Crippen LogP contribution in [0.25, 0.3) is 0 Å². The molecule has 0 spiro atoms. The van der Waals surface area contributed by atoms with E-state index in [9.17, 15) is 4.79 Å². The number of aromatic nitrogens is 2. The summed E-state index contributed by atoms with van der Waals surface area (Å²) in [6.45, 7) is 5.22. The van der Waals surface area contributed by atoms with Gasteiger partial charge in [-0.3, -0.25) is 19.7 Å². The Kier molecular flexibility index (Phi) is 3.43. The SMILES string of the molecule is COC(=O)[C@@]12COC[C@@H]1CN(Cc1cnc(C)cn1)C2. The first-order chi connectivity index (χ1) is 9.64. The molecular formula is C14H19N3O3. The molecule has 20 heavy (non-hydrogen) atoms. The van der Waals surface area contributed by atoms with Crippen LogP contribution in [0.4, 0.5) is 0 Å². The third-order valence-corrected chi connectivity index (χ3v) is 4.26. The Morgan fingerprint density at radius 2 is 2.40 bits per heavy atom. The average molecular weight is 277 g/mol. The van der Waals surface area contributed by atoms with Gasteiger partial charge in [-0.2, -0.15) is 0 Å². The number of rotatable bonds is 3. The van der Waals surface area contributed by atoms with Gasteiger partial charge in [-0.1, -0.05) is 0 Å². The summed E-state index contributed by atoms with van der Waals surface area (Å²) in [4.78, 5) is 23.0. The number of hydrogen-bond donors (Lipinski definition) is 0. The summed E-state index contributed by atoms with van der Waals surface area (Å²) in [5, 5.41) is 0. The highest BCUT2D eigenvalue weighted by Gasteiger charge is 2.56. The van der Waals surface area contributed by atoms with Gasteiger partial charge in [0.15, 0.2) is 0 Å². The van der Waals surface area contributed by atoms with E-state index in [1.807, 2.05) is 6.92 Å². The van der Waals surface area contributed by atoms with Crippen LogP contribution in [0.15, 0.2) is 12.4 Å². The molecular weight excluding hydrogens is 258 g/mol. The lowest BCUT2D eigenvalue weighted by atomic mass is 9.81. The fraction of sp³-hybridized carbons (Fsp3) is 0.643. The third-order valence-electron chi connectivity index (χ3n) is 4.26. The van der Waals surface area contributed by atoms with Gasteiger partial charge in [0, 0.05) is 37.9 Å². The second kappa shape index (κ2) is 5.10. The Balaban J connectivity index is 1.72. The van der Waals surface area contributed by atoms with Gasteiger partial charge >= 0.3 is 5.97 Å². The van der Waals surface area contributed by atoms with Crippen molar-refractivity contribution >= 4 is 5.97 Å². The lowest BCUT2D eigenvalue weighted by Crippen LogP contribution is -2.40. The zero-order chi connectivity index (χ0) is 14.2. The summed E-state index contributed by atoms with van der Waals surface area (Å²) >= 11 is 0. The molecule has 0 saturated carbocycles. The van der Waals surface area contributed by atoms with E-state index in [-0.39, 0.29) is 11.9 Å².